The highest BCUT2D eigenvalue weighted by atomic mass is 32.2. The summed E-state index contributed by atoms with van der Waals surface area (Å²) < 4.78 is 37.9. The van der Waals surface area contributed by atoms with Crippen molar-refractivity contribution < 1.29 is 18.0 Å². The highest BCUT2D eigenvalue weighted by molar-refractivity contribution is 7.98. The molecule has 8 heteroatoms. The molecule has 1 aromatic carbocycles. The molecular weight excluding hydrogens is 291 g/mol. The Morgan fingerprint density at radius 3 is 2.65 bits per heavy atom. The van der Waals surface area contributed by atoms with Gasteiger partial charge >= 0.3 is 6.18 Å². The Balaban J connectivity index is 2.88. The third-order valence-corrected chi connectivity index (χ3v) is 3.25. The van der Waals surface area contributed by atoms with Crippen LogP contribution in [0, 0.1) is 0 Å². The fourth-order valence-electron chi connectivity index (χ4n) is 1.55. The fourth-order valence-corrected chi connectivity index (χ4v) is 1.98. The average Bonchev–Trinajstić information content (AvgIpc) is 2.41. The van der Waals surface area contributed by atoms with Crippen molar-refractivity contribution in [3.63, 3.8) is 0 Å². The molecule has 0 spiro atoms. The number of carbonyl (C=O) groups is 1. The summed E-state index contributed by atoms with van der Waals surface area (Å²) >= 11 is 1.63. The van der Waals surface area contributed by atoms with Crippen LogP contribution in [0.25, 0.3) is 0 Å². The predicted molar refractivity (Wildman–Crippen MR) is 74.6 cm³/mol. The maximum Gasteiger partial charge on any atom is 0.416 e. The molecule has 0 saturated heterocycles. The normalized spacial score (nSPS) is 11.2. The number of rotatable bonds is 6. The summed E-state index contributed by atoms with van der Waals surface area (Å²) in [5.41, 5.74) is 1.37. The number of hydrazine groups is 1. The van der Waals surface area contributed by atoms with E-state index in [2.05, 4.69) is 10.7 Å². The number of nitrogens with two attached hydrogens (primary N) is 1. The smallest absolute Gasteiger partial charge is 0.352 e. The number of alkyl halides is 3. The number of halogens is 3. The minimum atomic E-state index is -4.50. The second-order valence-electron chi connectivity index (χ2n) is 4.00. The largest absolute Gasteiger partial charge is 0.416 e. The molecule has 0 aliphatic rings. The van der Waals surface area contributed by atoms with Crippen LogP contribution in [0.15, 0.2) is 18.2 Å². The van der Waals surface area contributed by atoms with E-state index in [0.29, 0.717) is 6.54 Å². The summed E-state index contributed by atoms with van der Waals surface area (Å²) in [6, 6.07) is 2.80. The molecule has 4 nitrogen and oxygen atoms in total. The van der Waals surface area contributed by atoms with Crippen molar-refractivity contribution in [3.8, 4) is 0 Å². The molecule has 20 heavy (non-hydrogen) atoms. The number of hydrogen-bond donors (Lipinski definition) is 3. The van der Waals surface area contributed by atoms with Gasteiger partial charge in [-0.25, -0.2) is 0 Å². The van der Waals surface area contributed by atoms with Crippen molar-refractivity contribution >= 4 is 23.4 Å². The molecule has 0 heterocycles. The molecular formula is C12H16F3N3OS. The second-order valence-corrected chi connectivity index (χ2v) is 4.99. The van der Waals surface area contributed by atoms with Crippen LogP contribution in [0.5, 0.6) is 0 Å². The average molecular weight is 307 g/mol. The van der Waals surface area contributed by atoms with E-state index < -0.39 is 17.6 Å². The van der Waals surface area contributed by atoms with Gasteiger partial charge in [0.1, 0.15) is 0 Å². The molecule has 0 fully saturated rings. The molecule has 0 aromatic heterocycles. The van der Waals surface area contributed by atoms with Crippen molar-refractivity contribution in [3.05, 3.63) is 29.3 Å². The van der Waals surface area contributed by atoms with Gasteiger partial charge in [-0.2, -0.15) is 24.9 Å². The quantitative estimate of drug-likeness (QED) is 0.429. The number of hydrogen-bond acceptors (Lipinski definition) is 4. The highest BCUT2D eigenvalue weighted by Gasteiger charge is 2.31. The maximum absolute atomic E-state index is 12.6. The molecule has 0 unspecified atom stereocenters. The van der Waals surface area contributed by atoms with Crippen molar-refractivity contribution in [1.82, 2.24) is 5.32 Å². The number of benzene rings is 1. The van der Waals surface area contributed by atoms with Crippen molar-refractivity contribution in [1.29, 1.82) is 0 Å². The molecule has 1 rings (SSSR count). The summed E-state index contributed by atoms with van der Waals surface area (Å²) in [5, 5.41) is 2.57. The SMILES string of the molecule is CSCCCNC(=O)c1cc(C(F)(F)F)ccc1NN. The summed E-state index contributed by atoms with van der Waals surface area (Å²) in [5.74, 6) is 5.50. The molecule has 0 aliphatic heterocycles. The van der Waals surface area contributed by atoms with E-state index in [1.54, 1.807) is 11.8 Å². The Hall–Kier alpha value is -1.41. The van der Waals surface area contributed by atoms with Gasteiger partial charge in [-0.1, -0.05) is 0 Å². The summed E-state index contributed by atoms with van der Waals surface area (Å²) in [6.07, 6.45) is -1.82. The number of thioether (sulfide) groups is 1. The first-order valence-electron chi connectivity index (χ1n) is 5.85. The Bertz CT molecular complexity index is 466. The van der Waals surface area contributed by atoms with Gasteiger partial charge in [0.25, 0.3) is 5.91 Å². The lowest BCUT2D eigenvalue weighted by Gasteiger charge is -2.13. The molecule has 112 valence electrons. The van der Waals surface area contributed by atoms with Gasteiger partial charge in [0.2, 0.25) is 0 Å². The number of amides is 1. The molecule has 0 aliphatic carbocycles. The molecule has 4 N–H and O–H groups in total. The maximum atomic E-state index is 12.6. The first kappa shape index (κ1) is 16.6. The third kappa shape index (κ3) is 4.61. The Labute approximate surface area is 119 Å². The molecule has 0 radical (unpaired) electrons. The van der Waals surface area contributed by atoms with Gasteiger partial charge in [-0.3, -0.25) is 10.6 Å². The lowest BCUT2D eigenvalue weighted by molar-refractivity contribution is -0.137. The fraction of sp³-hybridized carbons (Fsp3) is 0.417. The van der Waals surface area contributed by atoms with E-state index in [4.69, 9.17) is 5.84 Å². The van der Waals surface area contributed by atoms with E-state index in [0.717, 1.165) is 30.4 Å². The van der Waals surface area contributed by atoms with Crippen LogP contribution in [0.3, 0.4) is 0 Å². The minimum Gasteiger partial charge on any atom is -0.352 e. The number of anilines is 1. The van der Waals surface area contributed by atoms with Crippen LogP contribution in [0.2, 0.25) is 0 Å². The summed E-state index contributed by atoms with van der Waals surface area (Å²) in [7, 11) is 0. The van der Waals surface area contributed by atoms with E-state index in [1.807, 2.05) is 6.26 Å². The second kappa shape index (κ2) is 7.39. The Morgan fingerprint density at radius 1 is 1.40 bits per heavy atom. The summed E-state index contributed by atoms with van der Waals surface area (Å²) in [6.45, 7) is 0.403. The molecule has 1 amide bonds. The number of nitrogen functional groups attached to an aromatic ring is 1. The van der Waals surface area contributed by atoms with Crippen molar-refractivity contribution in [2.75, 3.05) is 24.0 Å². The van der Waals surface area contributed by atoms with Gasteiger partial charge in [0.15, 0.2) is 0 Å². The third-order valence-electron chi connectivity index (χ3n) is 2.56. The van der Waals surface area contributed by atoms with Gasteiger partial charge < -0.3 is 10.7 Å². The van der Waals surface area contributed by atoms with Crippen molar-refractivity contribution in [2.45, 2.75) is 12.6 Å². The zero-order valence-electron chi connectivity index (χ0n) is 10.9. The van der Waals surface area contributed by atoms with Crippen LogP contribution < -0.4 is 16.6 Å². The van der Waals surface area contributed by atoms with Crippen LogP contribution in [0.4, 0.5) is 18.9 Å². The zero-order valence-corrected chi connectivity index (χ0v) is 11.7. The molecule has 0 bridgehead atoms. The van der Waals surface area contributed by atoms with E-state index in [-0.39, 0.29) is 11.3 Å². The van der Waals surface area contributed by atoms with Crippen LogP contribution in [-0.2, 0) is 6.18 Å². The summed E-state index contributed by atoms with van der Waals surface area (Å²) in [4.78, 5) is 11.9. The number of nitrogens with one attached hydrogen (secondary N) is 2. The van der Waals surface area contributed by atoms with Crippen LogP contribution in [-0.4, -0.2) is 24.5 Å². The van der Waals surface area contributed by atoms with E-state index >= 15 is 0 Å². The molecule has 0 atom stereocenters. The number of carbonyl (C=O) groups excluding carboxylic acids is 1. The highest BCUT2D eigenvalue weighted by Crippen LogP contribution is 2.31. The van der Waals surface area contributed by atoms with E-state index in [1.165, 1.54) is 0 Å². The standard InChI is InChI=1S/C12H16F3N3OS/c1-20-6-2-5-17-11(19)9-7-8(12(13,14)15)3-4-10(9)18-16/h3-4,7,18H,2,5-6,16H2,1H3,(H,17,19). The van der Waals surface area contributed by atoms with Gasteiger partial charge in [-0.15, -0.1) is 0 Å². The Kier molecular flexibility index (Phi) is 6.15. The topological polar surface area (TPSA) is 67.2 Å². The van der Waals surface area contributed by atoms with Gasteiger partial charge in [0.05, 0.1) is 16.8 Å². The zero-order chi connectivity index (χ0) is 15.2. The van der Waals surface area contributed by atoms with Gasteiger partial charge in [0, 0.05) is 6.54 Å². The lowest BCUT2D eigenvalue weighted by atomic mass is 10.1. The lowest BCUT2D eigenvalue weighted by Crippen LogP contribution is -2.27. The first-order chi connectivity index (χ1) is 9.40. The monoisotopic (exact) mass is 307 g/mol. The van der Waals surface area contributed by atoms with Crippen LogP contribution >= 0.6 is 11.8 Å². The van der Waals surface area contributed by atoms with Gasteiger partial charge in [-0.05, 0) is 36.6 Å². The predicted octanol–water partition coefficient (Wildman–Crippen LogP) is 2.47. The Morgan fingerprint density at radius 2 is 2.10 bits per heavy atom. The first-order valence-corrected chi connectivity index (χ1v) is 7.24. The minimum absolute atomic E-state index is 0.119. The van der Waals surface area contributed by atoms with Crippen molar-refractivity contribution in [2.24, 2.45) is 5.84 Å². The van der Waals surface area contributed by atoms with Crippen LogP contribution in [0.1, 0.15) is 22.3 Å². The van der Waals surface area contributed by atoms with E-state index in [9.17, 15) is 18.0 Å². The molecule has 0 saturated carbocycles. The molecule has 1 aromatic rings.